The Hall–Kier alpha value is -2.42. The second-order valence-corrected chi connectivity index (χ2v) is 10.5. The Morgan fingerprint density at radius 2 is 1.72 bits per heavy atom. The van der Waals surface area contributed by atoms with Crippen molar-refractivity contribution >= 4 is 16.1 Å². The van der Waals surface area contributed by atoms with Crippen molar-refractivity contribution < 1.29 is 17.9 Å². The molecule has 7 nitrogen and oxygen atoms in total. The molecule has 2 saturated heterocycles. The second-order valence-electron chi connectivity index (χ2n) is 8.48. The minimum Gasteiger partial charge on any atom is -0.379 e. The molecular formula is C24H31N3O4S. The Morgan fingerprint density at radius 3 is 2.47 bits per heavy atom. The molecule has 2 aromatic carbocycles. The predicted molar refractivity (Wildman–Crippen MR) is 124 cm³/mol. The number of benzene rings is 2. The van der Waals surface area contributed by atoms with Crippen LogP contribution in [0.1, 0.15) is 34.6 Å². The summed E-state index contributed by atoms with van der Waals surface area (Å²) in [5.41, 5.74) is 4.11. The Kier molecular flexibility index (Phi) is 7.13. The fourth-order valence-corrected chi connectivity index (χ4v) is 6.07. The summed E-state index contributed by atoms with van der Waals surface area (Å²) >= 11 is 0. The van der Waals surface area contributed by atoms with Gasteiger partial charge in [-0.05, 0) is 35.6 Å². The van der Waals surface area contributed by atoms with Gasteiger partial charge in [-0.1, -0.05) is 48.5 Å². The van der Waals surface area contributed by atoms with E-state index in [0.717, 1.165) is 24.1 Å². The first kappa shape index (κ1) is 22.8. The van der Waals surface area contributed by atoms with E-state index in [4.69, 9.17) is 4.74 Å². The van der Waals surface area contributed by atoms with Crippen molar-refractivity contribution in [3.05, 3.63) is 70.8 Å². The average Bonchev–Trinajstić information content (AvgIpc) is 3.29. The molecule has 2 heterocycles. The van der Waals surface area contributed by atoms with Gasteiger partial charge in [0.2, 0.25) is 10.0 Å². The van der Waals surface area contributed by atoms with Gasteiger partial charge < -0.3 is 15.0 Å². The van der Waals surface area contributed by atoms with Crippen LogP contribution < -0.4 is 5.32 Å². The quantitative estimate of drug-likeness (QED) is 0.724. The van der Waals surface area contributed by atoms with Gasteiger partial charge in [-0.2, -0.15) is 4.31 Å². The second kappa shape index (κ2) is 10.0. The maximum Gasteiger partial charge on any atom is 0.317 e. The number of nitrogens with one attached hydrogen (secondary N) is 1. The van der Waals surface area contributed by atoms with Gasteiger partial charge in [0, 0.05) is 38.6 Å². The highest BCUT2D eigenvalue weighted by molar-refractivity contribution is 7.88. The maximum absolute atomic E-state index is 12.8. The summed E-state index contributed by atoms with van der Waals surface area (Å²) in [6, 6.07) is 15.6. The molecular weight excluding hydrogens is 426 g/mol. The van der Waals surface area contributed by atoms with Crippen LogP contribution in [0.25, 0.3) is 0 Å². The predicted octanol–water partition coefficient (Wildman–Crippen LogP) is 2.86. The number of hydrogen-bond donors (Lipinski definition) is 1. The molecule has 172 valence electrons. The number of carbonyl (C=O) groups excluding carboxylic acids is 1. The smallest absolute Gasteiger partial charge is 0.317 e. The molecule has 0 bridgehead atoms. The van der Waals surface area contributed by atoms with Crippen LogP contribution in [0.2, 0.25) is 0 Å². The normalized spacial score (nSPS) is 19.8. The van der Waals surface area contributed by atoms with Gasteiger partial charge in [-0.25, -0.2) is 13.2 Å². The van der Waals surface area contributed by atoms with Gasteiger partial charge in [0.1, 0.15) is 0 Å². The van der Waals surface area contributed by atoms with E-state index < -0.39 is 10.0 Å². The minimum absolute atomic E-state index is 0.0713. The summed E-state index contributed by atoms with van der Waals surface area (Å²) < 4.78 is 32.4. The van der Waals surface area contributed by atoms with Crippen molar-refractivity contribution in [3.8, 4) is 0 Å². The number of amides is 2. The lowest BCUT2D eigenvalue weighted by molar-refractivity contribution is 0.0729. The number of likely N-dealkylation sites (tertiary alicyclic amines) is 1. The third kappa shape index (κ3) is 5.31. The molecule has 0 saturated carbocycles. The number of carbonyl (C=O) groups is 1. The molecule has 2 aliphatic heterocycles. The highest BCUT2D eigenvalue weighted by Crippen LogP contribution is 2.29. The lowest BCUT2D eigenvalue weighted by atomic mass is 9.94. The van der Waals surface area contributed by atoms with E-state index in [1.165, 1.54) is 15.4 Å². The molecule has 32 heavy (non-hydrogen) atoms. The van der Waals surface area contributed by atoms with Crippen molar-refractivity contribution in [2.24, 2.45) is 0 Å². The number of ether oxygens (including phenoxy) is 1. The zero-order chi connectivity index (χ0) is 22.6. The van der Waals surface area contributed by atoms with E-state index in [-0.39, 0.29) is 11.8 Å². The summed E-state index contributed by atoms with van der Waals surface area (Å²) in [6.07, 6.45) is 0.951. The van der Waals surface area contributed by atoms with Crippen molar-refractivity contribution in [1.29, 1.82) is 0 Å². The number of urea groups is 1. The SMILES string of the molecule is Cc1ccccc1C1CCN(C(=O)NCc2ccccc2CS(=O)(=O)N2CCOCC2)C1. The van der Waals surface area contributed by atoms with E-state index in [9.17, 15) is 13.2 Å². The van der Waals surface area contributed by atoms with Gasteiger partial charge >= 0.3 is 6.03 Å². The van der Waals surface area contributed by atoms with Crippen molar-refractivity contribution in [2.45, 2.75) is 31.6 Å². The molecule has 2 aliphatic rings. The lowest BCUT2D eigenvalue weighted by Crippen LogP contribution is -2.41. The van der Waals surface area contributed by atoms with Crippen LogP contribution in [0.5, 0.6) is 0 Å². The molecule has 1 unspecified atom stereocenters. The van der Waals surface area contributed by atoms with E-state index in [1.54, 1.807) is 0 Å². The molecule has 2 amide bonds. The molecule has 2 aromatic rings. The number of morpholine rings is 1. The molecule has 0 radical (unpaired) electrons. The standard InChI is InChI=1S/C24H31N3O4S/c1-19-6-2-5-9-23(19)21-10-11-26(17-21)24(28)25-16-20-7-3-4-8-22(20)18-32(29,30)27-12-14-31-15-13-27/h2-9,21H,10-18H2,1H3,(H,25,28). The number of aryl methyl sites for hydroxylation is 1. The van der Waals surface area contributed by atoms with Crippen molar-refractivity contribution in [1.82, 2.24) is 14.5 Å². The largest absolute Gasteiger partial charge is 0.379 e. The third-order valence-electron chi connectivity index (χ3n) is 6.35. The summed E-state index contributed by atoms with van der Waals surface area (Å²) in [7, 11) is -3.42. The average molecular weight is 458 g/mol. The summed E-state index contributed by atoms with van der Waals surface area (Å²) in [5, 5.41) is 2.99. The molecule has 0 spiro atoms. The Labute approximate surface area is 190 Å². The summed E-state index contributed by atoms with van der Waals surface area (Å²) in [6.45, 7) is 5.46. The highest BCUT2D eigenvalue weighted by atomic mass is 32.2. The first-order valence-corrected chi connectivity index (χ1v) is 12.8. The van der Waals surface area contributed by atoms with Crippen LogP contribution in [0.15, 0.2) is 48.5 Å². The van der Waals surface area contributed by atoms with Gasteiger partial charge in [0.05, 0.1) is 19.0 Å². The number of sulfonamides is 1. The number of hydrogen-bond acceptors (Lipinski definition) is 4. The fourth-order valence-electron chi connectivity index (χ4n) is 4.51. The van der Waals surface area contributed by atoms with Gasteiger partial charge in [-0.15, -0.1) is 0 Å². The molecule has 1 N–H and O–H groups in total. The molecule has 8 heteroatoms. The van der Waals surface area contributed by atoms with Gasteiger partial charge in [-0.3, -0.25) is 0 Å². The molecule has 4 rings (SSSR count). The Balaban J connectivity index is 1.36. The minimum atomic E-state index is -3.42. The van der Waals surface area contributed by atoms with Crippen molar-refractivity contribution in [3.63, 3.8) is 0 Å². The summed E-state index contributed by atoms with van der Waals surface area (Å²) in [4.78, 5) is 14.7. The first-order valence-electron chi connectivity index (χ1n) is 11.1. The lowest BCUT2D eigenvalue weighted by Gasteiger charge is -2.26. The van der Waals surface area contributed by atoms with E-state index >= 15 is 0 Å². The van der Waals surface area contributed by atoms with E-state index in [2.05, 4.69) is 24.4 Å². The number of nitrogens with zero attached hydrogens (tertiary/aromatic N) is 2. The zero-order valence-corrected chi connectivity index (χ0v) is 19.3. The van der Waals surface area contributed by atoms with Crippen LogP contribution in [0.3, 0.4) is 0 Å². The van der Waals surface area contributed by atoms with Crippen LogP contribution in [0.4, 0.5) is 4.79 Å². The molecule has 1 atom stereocenters. The van der Waals surface area contributed by atoms with Crippen LogP contribution in [-0.2, 0) is 27.1 Å². The number of rotatable bonds is 6. The van der Waals surface area contributed by atoms with Crippen molar-refractivity contribution in [2.75, 3.05) is 39.4 Å². The Morgan fingerprint density at radius 1 is 1.03 bits per heavy atom. The van der Waals surface area contributed by atoms with Crippen LogP contribution in [-0.4, -0.2) is 63.0 Å². The maximum atomic E-state index is 12.8. The van der Waals surface area contributed by atoms with Gasteiger partial charge in [0.15, 0.2) is 0 Å². The molecule has 2 fully saturated rings. The van der Waals surface area contributed by atoms with Crippen LogP contribution in [0, 0.1) is 6.92 Å². The fraction of sp³-hybridized carbons (Fsp3) is 0.458. The Bertz CT molecular complexity index is 1050. The van der Waals surface area contributed by atoms with Crippen LogP contribution >= 0.6 is 0 Å². The third-order valence-corrected chi connectivity index (χ3v) is 8.18. The van der Waals surface area contributed by atoms with E-state index in [0.29, 0.717) is 45.3 Å². The van der Waals surface area contributed by atoms with Gasteiger partial charge in [0.25, 0.3) is 0 Å². The molecule has 0 aliphatic carbocycles. The van der Waals surface area contributed by atoms with E-state index in [1.807, 2.05) is 41.3 Å². The highest BCUT2D eigenvalue weighted by Gasteiger charge is 2.28. The molecule has 0 aromatic heterocycles. The first-order chi connectivity index (χ1) is 15.4. The summed E-state index contributed by atoms with van der Waals surface area (Å²) in [5.74, 6) is 0.283. The monoisotopic (exact) mass is 457 g/mol. The zero-order valence-electron chi connectivity index (χ0n) is 18.5. The topological polar surface area (TPSA) is 79.0 Å².